The summed E-state index contributed by atoms with van der Waals surface area (Å²) in [5, 5.41) is 0. The fourth-order valence-electron chi connectivity index (χ4n) is 1.24. The van der Waals surface area contributed by atoms with Crippen LogP contribution in [0.2, 0.25) is 0 Å². The van der Waals surface area contributed by atoms with E-state index in [1.807, 2.05) is 6.07 Å². The standard InChI is InChI=1S/C11H13ClO2S/c1-3-9-7-5-6-8-10(9)11(12)15(13,14)4-2/h3,5-8,11H,1,4H2,2H3. The number of hydrogen-bond acceptors (Lipinski definition) is 2. The highest BCUT2D eigenvalue weighted by atomic mass is 35.5. The lowest BCUT2D eigenvalue weighted by molar-refractivity contribution is 0.595. The normalized spacial score (nSPS) is 13.5. The van der Waals surface area contributed by atoms with Gasteiger partial charge in [-0.15, -0.1) is 11.6 Å². The molecule has 0 spiro atoms. The van der Waals surface area contributed by atoms with Crippen LogP contribution in [0.5, 0.6) is 0 Å². The maximum absolute atomic E-state index is 11.6. The zero-order valence-corrected chi connectivity index (χ0v) is 10.1. The fraction of sp³-hybridized carbons (Fsp3) is 0.273. The number of hydrogen-bond donors (Lipinski definition) is 0. The van der Waals surface area contributed by atoms with Crippen molar-refractivity contribution in [2.24, 2.45) is 0 Å². The Bertz CT molecular complexity index is 451. The second-order valence-electron chi connectivity index (χ2n) is 3.10. The minimum absolute atomic E-state index is 0.0344. The van der Waals surface area contributed by atoms with E-state index >= 15 is 0 Å². The Balaban J connectivity index is 3.22. The second-order valence-corrected chi connectivity index (χ2v) is 6.17. The van der Waals surface area contributed by atoms with Crippen LogP contribution < -0.4 is 0 Å². The highest BCUT2D eigenvalue weighted by molar-refractivity contribution is 7.92. The van der Waals surface area contributed by atoms with Gasteiger partial charge in [-0.05, 0) is 11.1 Å². The Morgan fingerprint density at radius 1 is 1.47 bits per heavy atom. The first-order valence-corrected chi connectivity index (χ1v) is 6.75. The van der Waals surface area contributed by atoms with Gasteiger partial charge in [0.1, 0.15) is 0 Å². The van der Waals surface area contributed by atoms with Crippen LogP contribution in [0.25, 0.3) is 6.08 Å². The maximum Gasteiger partial charge on any atom is 0.171 e. The first kappa shape index (κ1) is 12.3. The van der Waals surface area contributed by atoms with Crippen LogP contribution in [0.3, 0.4) is 0 Å². The molecule has 0 aromatic heterocycles. The molecule has 1 aromatic carbocycles. The average Bonchev–Trinajstić information content (AvgIpc) is 2.28. The second kappa shape index (κ2) is 4.81. The number of halogens is 1. The molecule has 0 aliphatic heterocycles. The van der Waals surface area contributed by atoms with Gasteiger partial charge in [0, 0.05) is 5.75 Å². The van der Waals surface area contributed by atoms with E-state index in [2.05, 4.69) is 6.58 Å². The van der Waals surface area contributed by atoms with E-state index < -0.39 is 14.5 Å². The van der Waals surface area contributed by atoms with E-state index in [-0.39, 0.29) is 5.75 Å². The monoisotopic (exact) mass is 244 g/mol. The van der Waals surface area contributed by atoms with Crippen molar-refractivity contribution in [2.75, 3.05) is 5.75 Å². The van der Waals surface area contributed by atoms with Crippen molar-refractivity contribution in [2.45, 2.75) is 11.6 Å². The number of sulfone groups is 1. The van der Waals surface area contributed by atoms with Crippen LogP contribution >= 0.6 is 11.6 Å². The zero-order chi connectivity index (χ0) is 11.5. The third kappa shape index (κ3) is 2.61. The van der Waals surface area contributed by atoms with E-state index in [0.717, 1.165) is 5.56 Å². The Kier molecular flexibility index (Phi) is 3.94. The van der Waals surface area contributed by atoms with Gasteiger partial charge in [-0.1, -0.05) is 43.8 Å². The van der Waals surface area contributed by atoms with E-state index in [0.29, 0.717) is 5.56 Å². The van der Waals surface area contributed by atoms with E-state index in [1.165, 1.54) is 0 Å². The molecule has 15 heavy (non-hydrogen) atoms. The van der Waals surface area contributed by atoms with Gasteiger partial charge < -0.3 is 0 Å². The van der Waals surface area contributed by atoms with Gasteiger partial charge in [-0.25, -0.2) is 8.42 Å². The third-order valence-electron chi connectivity index (χ3n) is 2.18. The smallest absolute Gasteiger partial charge is 0.171 e. The largest absolute Gasteiger partial charge is 0.227 e. The summed E-state index contributed by atoms with van der Waals surface area (Å²) in [4.78, 5) is 0. The van der Waals surface area contributed by atoms with Gasteiger partial charge in [-0.3, -0.25) is 0 Å². The molecule has 0 bridgehead atoms. The molecule has 0 saturated carbocycles. The topological polar surface area (TPSA) is 34.1 Å². The Hall–Kier alpha value is -0.800. The van der Waals surface area contributed by atoms with Crippen molar-refractivity contribution in [3.63, 3.8) is 0 Å². The SMILES string of the molecule is C=Cc1ccccc1C(Cl)S(=O)(=O)CC. The van der Waals surface area contributed by atoms with Gasteiger partial charge in [0.2, 0.25) is 0 Å². The Labute approximate surface area is 95.5 Å². The van der Waals surface area contributed by atoms with Gasteiger partial charge >= 0.3 is 0 Å². The molecule has 0 aliphatic carbocycles. The summed E-state index contributed by atoms with van der Waals surface area (Å²) in [6.45, 7) is 5.21. The minimum Gasteiger partial charge on any atom is -0.227 e. The first-order chi connectivity index (χ1) is 7.03. The molecule has 1 unspecified atom stereocenters. The summed E-state index contributed by atoms with van der Waals surface area (Å²) in [6, 6.07) is 7.09. The summed E-state index contributed by atoms with van der Waals surface area (Å²) in [5.41, 5.74) is 1.35. The van der Waals surface area contributed by atoms with Crippen LogP contribution in [0.15, 0.2) is 30.8 Å². The van der Waals surface area contributed by atoms with Crippen molar-refractivity contribution in [1.82, 2.24) is 0 Å². The molecule has 82 valence electrons. The van der Waals surface area contributed by atoms with Crippen molar-refractivity contribution < 1.29 is 8.42 Å². The lowest BCUT2D eigenvalue weighted by atomic mass is 10.1. The summed E-state index contributed by atoms with van der Waals surface area (Å²) in [5.74, 6) is 0.0344. The van der Waals surface area contributed by atoms with Crippen molar-refractivity contribution >= 4 is 27.5 Å². The van der Waals surface area contributed by atoms with E-state index in [9.17, 15) is 8.42 Å². The highest BCUT2D eigenvalue weighted by Gasteiger charge is 2.24. The first-order valence-electron chi connectivity index (χ1n) is 4.60. The number of rotatable bonds is 4. The van der Waals surface area contributed by atoms with Crippen molar-refractivity contribution in [1.29, 1.82) is 0 Å². The van der Waals surface area contributed by atoms with Gasteiger partial charge in [-0.2, -0.15) is 0 Å². The van der Waals surface area contributed by atoms with Crippen LogP contribution in [0, 0.1) is 0 Å². The molecular formula is C11H13ClO2S. The van der Waals surface area contributed by atoms with Crippen LogP contribution in [0.4, 0.5) is 0 Å². The Morgan fingerprint density at radius 2 is 2.07 bits per heavy atom. The predicted octanol–water partition coefficient (Wildman–Crippen LogP) is 3.00. The average molecular weight is 245 g/mol. The van der Waals surface area contributed by atoms with Crippen LogP contribution in [-0.2, 0) is 9.84 Å². The number of benzene rings is 1. The Morgan fingerprint density at radius 3 is 2.60 bits per heavy atom. The van der Waals surface area contributed by atoms with Crippen LogP contribution in [0.1, 0.15) is 22.8 Å². The molecule has 4 heteroatoms. The van der Waals surface area contributed by atoms with Crippen molar-refractivity contribution in [3.05, 3.63) is 42.0 Å². The number of alkyl halides is 1. The van der Waals surface area contributed by atoms with E-state index in [4.69, 9.17) is 11.6 Å². The molecule has 1 aromatic rings. The van der Waals surface area contributed by atoms with E-state index in [1.54, 1.807) is 31.2 Å². The van der Waals surface area contributed by atoms with Crippen molar-refractivity contribution in [3.8, 4) is 0 Å². The molecule has 0 N–H and O–H groups in total. The molecule has 0 saturated heterocycles. The zero-order valence-electron chi connectivity index (χ0n) is 8.48. The molecule has 0 radical (unpaired) electrons. The molecular weight excluding hydrogens is 232 g/mol. The summed E-state index contributed by atoms with van der Waals surface area (Å²) in [7, 11) is -3.27. The third-order valence-corrected chi connectivity index (χ3v) is 4.92. The quantitative estimate of drug-likeness (QED) is 0.763. The minimum atomic E-state index is -3.27. The van der Waals surface area contributed by atoms with Gasteiger partial charge in [0.05, 0.1) is 0 Å². The molecule has 2 nitrogen and oxygen atoms in total. The van der Waals surface area contributed by atoms with Crippen LogP contribution in [-0.4, -0.2) is 14.2 Å². The molecule has 1 rings (SSSR count). The van der Waals surface area contributed by atoms with Gasteiger partial charge in [0.15, 0.2) is 14.5 Å². The van der Waals surface area contributed by atoms with Gasteiger partial charge in [0.25, 0.3) is 0 Å². The molecule has 0 fully saturated rings. The molecule has 0 aliphatic rings. The lowest BCUT2D eigenvalue weighted by Gasteiger charge is -2.12. The summed E-state index contributed by atoms with van der Waals surface area (Å²) in [6.07, 6.45) is 1.61. The lowest BCUT2D eigenvalue weighted by Crippen LogP contribution is -2.11. The molecule has 0 amide bonds. The fourth-order valence-corrected chi connectivity index (χ4v) is 2.71. The molecule has 0 heterocycles. The summed E-state index contributed by atoms with van der Waals surface area (Å²) < 4.78 is 22.2. The maximum atomic E-state index is 11.6. The summed E-state index contributed by atoms with van der Waals surface area (Å²) >= 11 is 5.95. The predicted molar refractivity (Wildman–Crippen MR) is 64.6 cm³/mol. The molecule has 1 atom stereocenters. The highest BCUT2D eigenvalue weighted by Crippen LogP contribution is 2.30.